The highest BCUT2D eigenvalue weighted by Gasteiger charge is 2.34. The van der Waals surface area contributed by atoms with Gasteiger partial charge >= 0.3 is 0 Å². The average Bonchev–Trinajstić information content (AvgIpc) is 3.05. The molecule has 36 heavy (non-hydrogen) atoms. The first-order valence-electron chi connectivity index (χ1n) is 12.5. The number of nitrogen functional groups attached to an aromatic ring is 1. The Hall–Kier alpha value is -2.82. The summed E-state index contributed by atoms with van der Waals surface area (Å²) < 4.78 is 31.5. The van der Waals surface area contributed by atoms with Gasteiger partial charge in [-0.1, -0.05) is 43.9 Å². The predicted octanol–water partition coefficient (Wildman–Crippen LogP) is 7.75. The number of benzene rings is 2. The number of aromatic nitrogens is 2. The molecule has 2 N–H and O–H groups in total. The minimum Gasteiger partial charge on any atom is -0.389 e. The van der Waals surface area contributed by atoms with Gasteiger partial charge in [0.2, 0.25) is 0 Å². The number of nitrogens with zero attached hydrogens (tertiary/aromatic N) is 3. The summed E-state index contributed by atoms with van der Waals surface area (Å²) in [7, 11) is 0. The third-order valence-corrected chi connectivity index (χ3v) is 9.40. The molecule has 0 saturated heterocycles. The van der Waals surface area contributed by atoms with Crippen LogP contribution in [0.15, 0.2) is 12.1 Å². The number of fused-ring (bicyclic) bond motifs is 1. The fraction of sp³-hybridized carbons (Fsp3) is 0.393. The van der Waals surface area contributed by atoms with E-state index in [4.69, 9.17) is 22.3 Å². The number of hydrogen-bond acceptors (Lipinski definition) is 5. The van der Waals surface area contributed by atoms with E-state index in [0.717, 1.165) is 47.2 Å². The number of aryl methyl sites for hydroxylation is 2. The Bertz CT molecular complexity index is 1590. The number of nitrogens with two attached hydrogens (primary N) is 1. The van der Waals surface area contributed by atoms with Crippen molar-refractivity contribution in [3.8, 4) is 17.2 Å². The van der Waals surface area contributed by atoms with Crippen molar-refractivity contribution in [1.82, 2.24) is 9.97 Å². The third kappa shape index (κ3) is 3.49. The third-order valence-electron chi connectivity index (χ3n) is 7.95. The van der Waals surface area contributed by atoms with E-state index in [1.807, 2.05) is 0 Å². The van der Waals surface area contributed by atoms with Crippen molar-refractivity contribution < 1.29 is 8.78 Å². The standard InChI is InChI=1S/C28H25ClF2N4S/c1-2-4-20-34-19-11-14(13-5-3-6-13)7-8-16-22(19)26(35-20)25(31)23(24(16)29)15-9-10-18(30)27-21(15)17(12-32)28(33)36-27/h9-10,13-14H,2-8,11,33H2,1H3. The molecule has 8 heteroatoms. The molecule has 2 aromatic carbocycles. The number of thiophene rings is 1. The molecule has 2 aliphatic carbocycles. The van der Waals surface area contributed by atoms with Crippen LogP contribution < -0.4 is 5.73 Å². The van der Waals surface area contributed by atoms with Gasteiger partial charge in [-0.05, 0) is 54.7 Å². The molecule has 1 unspecified atom stereocenters. The molecule has 0 bridgehead atoms. The molecule has 2 aliphatic rings. The lowest BCUT2D eigenvalue weighted by Gasteiger charge is -2.33. The molecule has 4 nitrogen and oxygen atoms in total. The van der Waals surface area contributed by atoms with Crippen LogP contribution in [0.4, 0.5) is 13.8 Å². The Morgan fingerprint density at radius 2 is 1.97 bits per heavy atom. The van der Waals surface area contributed by atoms with Gasteiger partial charge in [0, 0.05) is 22.8 Å². The van der Waals surface area contributed by atoms with Crippen LogP contribution in [0, 0.1) is 34.8 Å². The SMILES string of the molecule is CCCc1nc2c3c(c(Cl)c(-c4ccc(F)c5sc(N)c(C#N)c45)c(F)c3n1)CCC(C1CCC1)C2. The molecule has 0 radical (unpaired) electrons. The molecular weight excluding hydrogens is 498 g/mol. The lowest BCUT2D eigenvalue weighted by molar-refractivity contribution is 0.195. The smallest absolute Gasteiger partial charge is 0.158 e. The average molecular weight is 523 g/mol. The van der Waals surface area contributed by atoms with E-state index in [0.29, 0.717) is 46.5 Å². The van der Waals surface area contributed by atoms with Crippen LogP contribution in [0.25, 0.3) is 32.1 Å². The first kappa shape index (κ1) is 23.6. The van der Waals surface area contributed by atoms with Crippen molar-refractivity contribution in [2.75, 3.05) is 5.73 Å². The largest absolute Gasteiger partial charge is 0.389 e. The van der Waals surface area contributed by atoms with E-state index in [-0.39, 0.29) is 26.3 Å². The maximum Gasteiger partial charge on any atom is 0.158 e. The van der Waals surface area contributed by atoms with Crippen LogP contribution >= 0.6 is 22.9 Å². The number of halogens is 3. The summed E-state index contributed by atoms with van der Waals surface area (Å²) in [5.74, 6) is 0.740. The van der Waals surface area contributed by atoms with E-state index in [1.165, 1.54) is 31.4 Å². The van der Waals surface area contributed by atoms with Crippen LogP contribution in [0.2, 0.25) is 5.02 Å². The van der Waals surface area contributed by atoms with Gasteiger partial charge in [-0.2, -0.15) is 5.26 Å². The van der Waals surface area contributed by atoms with Gasteiger partial charge in [-0.15, -0.1) is 11.3 Å². The molecule has 2 aromatic heterocycles. The van der Waals surface area contributed by atoms with Crippen molar-refractivity contribution in [1.29, 1.82) is 5.26 Å². The number of anilines is 1. The van der Waals surface area contributed by atoms with E-state index in [9.17, 15) is 9.65 Å². The minimum atomic E-state index is -0.552. The number of hydrogen-bond donors (Lipinski definition) is 1. The second-order valence-electron chi connectivity index (χ2n) is 9.99. The Morgan fingerprint density at radius 1 is 1.17 bits per heavy atom. The quantitative estimate of drug-likeness (QED) is 0.297. The topological polar surface area (TPSA) is 75.6 Å². The first-order chi connectivity index (χ1) is 17.4. The van der Waals surface area contributed by atoms with Gasteiger partial charge in [0.1, 0.15) is 28.2 Å². The van der Waals surface area contributed by atoms with Crippen LogP contribution in [0.5, 0.6) is 0 Å². The zero-order valence-electron chi connectivity index (χ0n) is 19.9. The van der Waals surface area contributed by atoms with Crippen LogP contribution in [0.1, 0.15) is 61.7 Å². The zero-order valence-corrected chi connectivity index (χ0v) is 21.5. The Labute approximate surface area is 217 Å². The van der Waals surface area contributed by atoms with E-state index in [1.54, 1.807) is 0 Å². The van der Waals surface area contributed by atoms with Crippen molar-refractivity contribution in [3.63, 3.8) is 0 Å². The molecule has 184 valence electrons. The van der Waals surface area contributed by atoms with Gasteiger partial charge < -0.3 is 5.73 Å². The molecule has 1 saturated carbocycles. The lowest BCUT2D eigenvalue weighted by atomic mass is 9.73. The number of nitriles is 1. The monoisotopic (exact) mass is 522 g/mol. The Kier molecular flexibility index (Phi) is 5.85. The van der Waals surface area contributed by atoms with Crippen molar-refractivity contribution >= 4 is 48.9 Å². The molecule has 1 fully saturated rings. The molecule has 1 atom stereocenters. The fourth-order valence-corrected chi connectivity index (χ4v) is 7.29. The fourth-order valence-electron chi connectivity index (χ4n) is 5.97. The molecule has 0 amide bonds. The highest BCUT2D eigenvalue weighted by Crippen LogP contribution is 2.48. The first-order valence-corrected chi connectivity index (χ1v) is 13.7. The van der Waals surface area contributed by atoms with Crippen LogP contribution in [-0.4, -0.2) is 9.97 Å². The lowest BCUT2D eigenvalue weighted by Crippen LogP contribution is -2.24. The molecule has 2 heterocycles. The zero-order chi connectivity index (χ0) is 25.1. The summed E-state index contributed by atoms with van der Waals surface area (Å²) in [5, 5.41) is 11.3. The van der Waals surface area contributed by atoms with Gasteiger partial charge in [-0.25, -0.2) is 18.7 Å². The summed E-state index contributed by atoms with van der Waals surface area (Å²) in [5.41, 5.74) is 8.73. The minimum absolute atomic E-state index is 0.144. The van der Waals surface area contributed by atoms with Crippen molar-refractivity contribution in [2.24, 2.45) is 11.8 Å². The highest BCUT2D eigenvalue weighted by molar-refractivity contribution is 7.23. The summed E-state index contributed by atoms with van der Waals surface area (Å²) in [6.45, 7) is 2.05. The predicted molar refractivity (Wildman–Crippen MR) is 141 cm³/mol. The molecule has 4 aromatic rings. The molecule has 6 rings (SSSR count). The van der Waals surface area contributed by atoms with Crippen molar-refractivity contribution in [3.05, 3.63) is 51.4 Å². The molecule has 0 spiro atoms. The molecule has 0 aliphatic heterocycles. The summed E-state index contributed by atoms with van der Waals surface area (Å²) in [4.78, 5) is 9.59. The summed E-state index contributed by atoms with van der Waals surface area (Å²) in [6.07, 6.45) is 7.70. The van der Waals surface area contributed by atoms with E-state index >= 15 is 4.39 Å². The second kappa shape index (κ2) is 8.93. The van der Waals surface area contributed by atoms with Crippen LogP contribution in [-0.2, 0) is 19.3 Å². The summed E-state index contributed by atoms with van der Waals surface area (Å²) >= 11 is 8.02. The maximum atomic E-state index is 16.5. The molecular formula is C28H25ClF2N4S. The Balaban J connectivity index is 1.67. The Morgan fingerprint density at radius 3 is 2.67 bits per heavy atom. The van der Waals surface area contributed by atoms with Gasteiger partial charge in [0.05, 0.1) is 21.0 Å². The van der Waals surface area contributed by atoms with Crippen molar-refractivity contribution in [2.45, 2.75) is 58.3 Å². The van der Waals surface area contributed by atoms with E-state index in [2.05, 4.69) is 18.0 Å². The number of rotatable bonds is 4. The van der Waals surface area contributed by atoms with Crippen LogP contribution in [0.3, 0.4) is 0 Å². The normalized spacial score (nSPS) is 17.8. The van der Waals surface area contributed by atoms with Gasteiger partial charge in [-0.3, -0.25) is 0 Å². The van der Waals surface area contributed by atoms with E-state index < -0.39 is 11.6 Å². The van der Waals surface area contributed by atoms with Gasteiger partial charge in [0.25, 0.3) is 0 Å². The summed E-state index contributed by atoms with van der Waals surface area (Å²) in [6, 6.07) is 4.86. The van der Waals surface area contributed by atoms with Gasteiger partial charge in [0.15, 0.2) is 5.82 Å². The highest BCUT2D eigenvalue weighted by atomic mass is 35.5. The second-order valence-corrected chi connectivity index (χ2v) is 11.4. The maximum absolute atomic E-state index is 16.5.